The van der Waals surface area contributed by atoms with E-state index in [4.69, 9.17) is 42.3 Å². The first-order valence-corrected chi connectivity index (χ1v) is 17.2. The Morgan fingerprint density at radius 3 is 1.96 bits per heavy atom. The summed E-state index contributed by atoms with van der Waals surface area (Å²) in [6, 6.07) is 6.39. The van der Waals surface area contributed by atoms with Crippen molar-refractivity contribution >= 4 is 11.0 Å². The zero-order valence-electron chi connectivity index (χ0n) is 29.8. The molecule has 3 saturated heterocycles. The molecule has 20 nitrogen and oxygen atoms in total. The molecule has 0 aliphatic carbocycles. The van der Waals surface area contributed by atoms with Crippen molar-refractivity contribution in [3.05, 3.63) is 40.6 Å². The van der Waals surface area contributed by atoms with Crippen LogP contribution in [-0.4, -0.2) is 164 Å². The van der Waals surface area contributed by atoms with Gasteiger partial charge in [-0.1, -0.05) is 0 Å². The molecule has 55 heavy (non-hydrogen) atoms. The summed E-state index contributed by atoms with van der Waals surface area (Å²) < 4.78 is 50.5. The van der Waals surface area contributed by atoms with Crippen LogP contribution >= 0.6 is 0 Å². The van der Waals surface area contributed by atoms with Crippen molar-refractivity contribution in [2.75, 3.05) is 20.8 Å². The molecule has 304 valence electrons. The van der Waals surface area contributed by atoms with Crippen LogP contribution in [0.4, 0.5) is 0 Å². The zero-order valence-corrected chi connectivity index (χ0v) is 29.8. The maximum absolute atomic E-state index is 13.4. The number of hydrogen-bond acceptors (Lipinski definition) is 20. The molecule has 0 amide bonds. The lowest BCUT2D eigenvalue weighted by Crippen LogP contribution is -2.64. The van der Waals surface area contributed by atoms with Gasteiger partial charge in [-0.2, -0.15) is 0 Å². The van der Waals surface area contributed by atoms with Gasteiger partial charge < -0.3 is 93.4 Å². The number of aromatic hydroxyl groups is 2. The van der Waals surface area contributed by atoms with E-state index in [1.54, 1.807) is 0 Å². The van der Waals surface area contributed by atoms with Crippen LogP contribution in [0.1, 0.15) is 13.8 Å². The minimum Gasteiger partial charge on any atom is -0.507 e. The number of fused-ring (bicyclic) bond motifs is 1. The molecule has 10 N–H and O–H groups in total. The molecule has 0 radical (unpaired) electrons. The molecule has 20 heteroatoms. The van der Waals surface area contributed by atoms with Crippen LogP contribution in [-0.2, 0) is 23.7 Å². The van der Waals surface area contributed by atoms with Gasteiger partial charge in [0, 0.05) is 17.7 Å². The van der Waals surface area contributed by atoms with Crippen molar-refractivity contribution in [3.8, 4) is 40.1 Å². The second kappa shape index (κ2) is 16.3. The summed E-state index contributed by atoms with van der Waals surface area (Å²) in [6.07, 6.45) is -23.6. The van der Waals surface area contributed by atoms with Gasteiger partial charge in [0.15, 0.2) is 29.8 Å². The first-order chi connectivity index (χ1) is 26.1. The number of aliphatic hydroxyl groups is 8. The molecule has 2 aromatic carbocycles. The van der Waals surface area contributed by atoms with Crippen LogP contribution in [0.15, 0.2) is 39.5 Å². The molecular weight excluding hydrogens is 740 g/mol. The van der Waals surface area contributed by atoms with E-state index in [0.717, 1.165) is 6.07 Å². The van der Waals surface area contributed by atoms with Crippen molar-refractivity contribution in [2.24, 2.45) is 0 Å². The summed E-state index contributed by atoms with van der Waals surface area (Å²) in [6.45, 7) is 2.21. The highest BCUT2D eigenvalue weighted by molar-refractivity contribution is 5.88. The van der Waals surface area contributed by atoms with Gasteiger partial charge in [-0.25, -0.2) is 0 Å². The summed E-state index contributed by atoms with van der Waals surface area (Å²) in [5, 5.41) is 105. The average molecular weight is 785 g/mol. The number of rotatable bonds is 10. The van der Waals surface area contributed by atoms with Gasteiger partial charge in [-0.15, -0.1) is 0 Å². The molecule has 1 aromatic heterocycles. The third kappa shape index (κ3) is 7.79. The summed E-state index contributed by atoms with van der Waals surface area (Å²) in [4.78, 5) is 13.4. The smallest absolute Gasteiger partial charge is 0.239 e. The van der Waals surface area contributed by atoms with Crippen LogP contribution in [0.3, 0.4) is 0 Å². The minimum absolute atomic E-state index is 0.119. The molecule has 4 heterocycles. The second-order valence-corrected chi connectivity index (χ2v) is 13.4. The van der Waals surface area contributed by atoms with Crippen molar-refractivity contribution in [1.82, 2.24) is 0 Å². The number of methoxy groups -OCH3 is 2. The zero-order chi connectivity index (χ0) is 40.0. The van der Waals surface area contributed by atoms with Crippen molar-refractivity contribution in [1.29, 1.82) is 0 Å². The Kier molecular flexibility index (Phi) is 12.1. The van der Waals surface area contributed by atoms with Crippen LogP contribution < -0.4 is 19.6 Å². The third-order valence-electron chi connectivity index (χ3n) is 9.78. The molecule has 3 aromatic rings. The second-order valence-electron chi connectivity index (χ2n) is 13.4. The first-order valence-electron chi connectivity index (χ1n) is 17.2. The summed E-state index contributed by atoms with van der Waals surface area (Å²) >= 11 is 0. The normalized spacial score (nSPS) is 36.8. The maximum Gasteiger partial charge on any atom is 0.239 e. The monoisotopic (exact) mass is 784 g/mol. The molecule has 0 saturated carbocycles. The summed E-state index contributed by atoms with van der Waals surface area (Å²) in [5.41, 5.74) is -0.768. The minimum atomic E-state index is -1.89. The van der Waals surface area contributed by atoms with Crippen molar-refractivity contribution in [3.63, 3.8) is 0 Å². The van der Waals surface area contributed by atoms with E-state index < -0.39 is 110 Å². The molecule has 0 unspecified atom stereocenters. The highest BCUT2D eigenvalue weighted by Gasteiger charge is 2.51. The average Bonchev–Trinajstić information content (AvgIpc) is 3.15. The lowest BCUT2D eigenvalue weighted by molar-refractivity contribution is -0.367. The largest absolute Gasteiger partial charge is 0.507 e. The maximum atomic E-state index is 13.4. The number of aliphatic hydroxyl groups excluding tert-OH is 8. The molecule has 0 bridgehead atoms. The van der Waals surface area contributed by atoms with E-state index in [-0.39, 0.29) is 45.3 Å². The van der Waals surface area contributed by atoms with Gasteiger partial charge in [0.1, 0.15) is 83.5 Å². The molecule has 3 aliphatic heterocycles. The lowest BCUT2D eigenvalue weighted by Gasteiger charge is -2.46. The highest BCUT2D eigenvalue weighted by Crippen LogP contribution is 2.39. The number of phenolic OH excluding ortho intramolecular Hbond substituents is 2. The Morgan fingerprint density at radius 2 is 1.31 bits per heavy atom. The predicted octanol–water partition coefficient (Wildman–Crippen LogP) is -2.23. The van der Waals surface area contributed by atoms with Crippen molar-refractivity contribution < 1.29 is 93.4 Å². The fraction of sp³-hybridized carbons (Fsp3) is 0.571. The van der Waals surface area contributed by atoms with E-state index in [1.165, 1.54) is 52.3 Å². The SMILES string of the molecule is COc1ccc(-c2oc3cc(O[C@@H]4O[C@H](CO[C@H]5O[C@H](C)[C@@H](O)[C@H](O)[C@@H]5O[C@H]5O[C@@H](C)[C@H](O)[C@@H](O)[C@H]5O)[C@@H](O)[C@H](O)[C@H]4O)cc(O)c3c(=O)c2OC)cc1O. The van der Waals surface area contributed by atoms with Crippen LogP contribution in [0.25, 0.3) is 22.3 Å². The third-order valence-corrected chi connectivity index (χ3v) is 9.78. The Hall–Kier alpha value is -3.87. The number of phenols is 2. The van der Waals surface area contributed by atoms with E-state index in [1.807, 2.05) is 0 Å². The van der Waals surface area contributed by atoms with Crippen LogP contribution in [0, 0.1) is 0 Å². The van der Waals surface area contributed by atoms with Gasteiger partial charge in [0.2, 0.25) is 17.5 Å². The van der Waals surface area contributed by atoms with E-state index in [2.05, 4.69) is 0 Å². The van der Waals surface area contributed by atoms with Crippen LogP contribution in [0.2, 0.25) is 0 Å². The summed E-state index contributed by atoms with van der Waals surface area (Å²) in [5.74, 6) is -1.36. The highest BCUT2D eigenvalue weighted by atomic mass is 16.8. The molecule has 0 spiro atoms. The van der Waals surface area contributed by atoms with Gasteiger partial charge in [-0.3, -0.25) is 4.79 Å². The standard InChI is InChI=1S/C35H44O20/c1-11-21(38)25(42)28(45)33(50-11)55-32-27(44)22(39)12(2)51-35(32)49-10-19-23(40)26(43)29(46)34(54-19)52-14-8-16(37)20-18(9-14)53-30(31(48-4)24(20)41)13-5-6-17(47-3)15(36)7-13/h5-9,11-12,19,21-23,25-29,32-40,42-46H,10H2,1-4H3/t11-,12+,19+,21-,22+,23+,25+,26-,27-,28+,29+,32-,33+,34+,35-/m0/s1. The molecule has 15 atom stereocenters. The topological polar surface area (TPSA) is 306 Å². The fourth-order valence-electron chi connectivity index (χ4n) is 6.57. The van der Waals surface area contributed by atoms with E-state index >= 15 is 0 Å². The Bertz CT molecular complexity index is 1870. The lowest BCUT2D eigenvalue weighted by atomic mass is 9.97. The summed E-state index contributed by atoms with van der Waals surface area (Å²) in [7, 11) is 2.57. The van der Waals surface area contributed by atoms with Gasteiger partial charge in [0.05, 0.1) is 33.0 Å². The Labute approximate surface area is 311 Å². The van der Waals surface area contributed by atoms with Gasteiger partial charge in [0.25, 0.3) is 0 Å². The molecule has 3 fully saturated rings. The quantitative estimate of drug-likeness (QED) is 0.104. The molecular formula is C35H44O20. The van der Waals surface area contributed by atoms with Gasteiger partial charge in [-0.05, 0) is 32.0 Å². The Balaban J connectivity index is 1.22. The number of ether oxygens (including phenoxy) is 8. The van der Waals surface area contributed by atoms with Crippen molar-refractivity contribution in [2.45, 2.75) is 106 Å². The molecule has 3 aliphatic rings. The van der Waals surface area contributed by atoms with Gasteiger partial charge >= 0.3 is 0 Å². The molecule has 6 rings (SSSR count). The Morgan fingerprint density at radius 1 is 0.673 bits per heavy atom. The van der Waals surface area contributed by atoms with Crippen LogP contribution in [0.5, 0.6) is 28.7 Å². The van der Waals surface area contributed by atoms with E-state index in [9.17, 15) is 55.9 Å². The fourth-order valence-corrected chi connectivity index (χ4v) is 6.57. The van der Waals surface area contributed by atoms with E-state index in [0.29, 0.717) is 0 Å². The first kappa shape index (κ1) is 40.8. The predicted molar refractivity (Wildman–Crippen MR) is 181 cm³/mol. The number of benzene rings is 2. The number of hydrogen-bond donors (Lipinski definition) is 10.